The Bertz CT molecular complexity index is 473. The molecule has 0 spiro atoms. The molecule has 0 amide bonds. The van der Waals surface area contributed by atoms with Crippen LogP contribution < -0.4 is 10.0 Å². The van der Waals surface area contributed by atoms with Crippen molar-refractivity contribution in [3.63, 3.8) is 0 Å². The molecule has 0 saturated heterocycles. The van der Waals surface area contributed by atoms with Crippen LogP contribution in [0.1, 0.15) is 13.8 Å². The predicted molar refractivity (Wildman–Crippen MR) is 78.8 cm³/mol. The topological polar surface area (TPSA) is 58.2 Å². The van der Waals surface area contributed by atoms with Gasteiger partial charge in [-0.05, 0) is 24.5 Å². The van der Waals surface area contributed by atoms with E-state index in [1.54, 1.807) is 17.8 Å². The van der Waals surface area contributed by atoms with Crippen molar-refractivity contribution in [3.05, 3.63) is 24.3 Å². The predicted octanol–water partition coefficient (Wildman–Crippen LogP) is 2.15. The molecule has 0 bridgehead atoms. The van der Waals surface area contributed by atoms with Crippen LogP contribution in [0.3, 0.4) is 0 Å². The monoisotopic (exact) mass is 288 g/mol. The van der Waals surface area contributed by atoms with Crippen molar-refractivity contribution >= 4 is 27.5 Å². The molecule has 0 aromatic heterocycles. The van der Waals surface area contributed by atoms with Gasteiger partial charge in [-0.2, -0.15) is 0 Å². The van der Waals surface area contributed by atoms with Gasteiger partial charge in [0.2, 0.25) is 10.0 Å². The summed E-state index contributed by atoms with van der Waals surface area (Å²) in [5.41, 5.74) is 0.617. The molecule has 4 nitrogen and oxygen atoms in total. The molecule has 1 aromatic carbocycles. The van der Waals surface area contributed by atoms with Gasteiger partial charge in [-0.3, -0.25) is 4.72 Å². The zero-order valence-electron chi connectivity index (χ0n) is 10.9. The number of thioether (sulfide) groups is 1. The van der Waals surface area contributed by atoms with Crippen molar-refractivity contribution in [1.82, 2.24) is 5.32 Å². The summed E-state index contributed by atoms with van der Waals surface area (Å²) < 4.78 is 26.2. The maximum absolute atomic E-state index is 11.8. The number of benzene rings is 1. The largest absolute Gasteiger partial charge is 0.313 e. The van der Waals surface area contributed by atoms with Crippen molar-refractivity contribution in [2.45, 2.75) is 24.8 Å². The molecular formula is C12H20N2O2S2. The Hall–Kier alpha value is -0.720. The third kappa shape index (κ3) is 5.75. The lowest BCUT2D eigenvalue weighted by atomic mass is 10.3. The minimum atomic E-state index is -3.28. The SMILES string of the molecule is CSc1cccc(NS(=O)(=O)CCNC(C)C)c1. The van der Waals surface area contributed by atoms with Gasteiger partial charge in [0.05, 0.1) is 5.75 Å². The Labute approximate surface area is 114 Å². The fraction of sp³-hybridized carbons (Fsp3) is 0.500. The molecule has 1 aromatic rings. The minimum absolute atomic E-state index is 0.0781. The zero-order chi connectivity index (χ0) is 13.6. The van der Waals surface area contributed by atoms with Gasteiger partial charge in [0.15, 0.2) is 0 Å². The van der Waals surface area contributed by atoms with Crippen LogP contribution in [0.5, 0.6) is 0 Å². The fourth-order valence-corrected chi connectivity index (χ4v) is 2.83. The quantitative estimate of drug-likeness (QED) is 0.755. The summed E-state index contributed by atoms with van der Waals surface area (Å²) >= 11 is 1.58. The molecule has 0 unspecified atom stereocenters. The standard InChI is InChI=1S/C12H20N2O2S2/c1-10(2)13-7-8-18(15,16)14-11-5-4-6-12(9-11)17-3/h4-6,9-10,13-14H,7-8H2,1-3H3. The van der Waals surface area contributed by atoms with E-state index in [0.717, 1.165) is 4.90 Å². The zero-order valence-corrected chi connectivity index (χ0v) is 12.6. The number of sulfonamides is 1. The van der Waals surface area contributed by atoms with Gasteiger partial charge in [0, 0.05) is 23.2 Å². The van der Waals surface area contributed by atoms with E-state index in [4.69, 9.17) is 0 Å². The highest BCUT2D eigenvalue weighted by atomic mass is 32.2. The normalized spacial score (nSPS) is 11.8. The van der Waals surface area contributed by atoms with Gasteiger partial charge in [-0.25, -0.2) is 8.42 Å². The maximum Gasteiger partial charge on any atom is 0.233 e. The Kier molecular flexibility index (Phi) is 5.98. The third-order valence-electron chi connectivity index (χ3n) is 2.27. The van der Waals surface area contributed by atoms with Crippen LogP contribution in [-0.2, 0) is 10.0 Å². The first-order chi connectivity index (χ1) is 8.43. The summed E-state index contributed by atoms with van der Waals surface area (Å²) in [6.07, 6.45) is 1.96. The van der Waals surface area contributed by atoms with E-state index >= 15 is 0 Å². The van der Waals surface area contributed by atoms with E-state index in [2.05, 4.69) is 10.0 Å². The molecule has 0 radical (unpaired) electrons. The molecular weight excluding hydrogens is 268 g/mol. The van der Waals surface area contributed by atoms with Gasteiger partial charge < -0.3 is 5.32 Å². The molecule has 1 rings (SSSR count). The lowest BCUT2D eigenvalue weighted by Crippen LogP contribution is -2.30. The second-order valence-electron chi connectivity index (χ2n) is 4.26. The molecule has 0 aliphatic carbocycles. The fourth-order valence-electron chi connectivity index (χ4n) is 1.40. The average molecular weight is 288 g/mol. The number of hydrogen-bond donors (Lipinski definition) is 2. The summed E-state index contributed by atoms with van der Waals surface area (Å²) in [6.45, 7) is 4.43. The second-order valence-corrected chi connectivity index (χ2v) is 6.98. The van der Waals surface area contributed by atoms with E-state index in [1.165, 1.54) is 0 Å². The van der Waals surface area contributed by atoms with E-state index in [-0.39, 0.29) is 5.75 Å². The summed E-state index contributed by atoms with van der Waals surface area (Å²) in [7, 11) is -3.28. The summed E-state index contributed by atoms with van der Waals surface area (Å²) in [5.74, 6) is 0.0781. The van der Waals surface area contributed by atoms with Crippen LogP contribution >= 0.6 is 11.8 Å². The van der Waals surface area contributed by atoms with Gasteiger partial charge in [0.25, 0.3) is 0 Å². The highest BCUT2D eigenvalue weighted by molar-refractivity contribution is 7.98. The van der Waals surface area contributed by atoms with E-state index in [9.17, 15) is 8.42 Å². The molecule has 18 heavy (non-hydrogen) atoms. The molecule has 0 aliphatic heterocycles. The lowest BCUT2D eigenvalue weighted by Gasteiger charge is -2.11. The Morgan fingerprint density at radius 2 is 2.06 bits per heavy atom. The van der Waals surface area contributed by atoms with Crippen molar-refractivity contribution in [1.29, 1.82) is 0 Å². The van der Waals surface area contributed by atoms with Crippen molar-refractivity contribution in [2.75, 3.05) is 23.3 Å². The summed E-state index contributed by atoms with van der Waals surface area (Å²) in [5, 5.41) is 3.09. The van der Waals surface area contributed by atoms with Gasteiger partial charge in [-0.15, -0.1) is 11.8 Å². The number of anilines is 1. The van der Waals surface area contributed by atoms with Gasteiger partial charge in [-0.1, -0.05) is 19.9 Å². The van der Waals surface area contributed by atoms with Gasteiger partial charge >= 0.3 is 0 Å². The van der Waals surface area contributed by atoms with Crippen molar-refractivity contribution < 1.29 is 8.42 Å². The van der Waals surface area contributed by atoms with Crippen LogP contribution in [0.25, 0.3) is 0 Å². The molecule has 0 atom stereocenters. The number of nitrogens with one attached hydrogen (secondary N) is 2. The molecule has 0 fully saturated rings. The average Bonchev–Trinajstić information content (AvgIpc) is 2.27. The first-order valence-electron chi connectivity index (χ1n) is 5.81. The van der Waals surface area contributed by atoms with E-state index in [0.29, 0.717) is 18.3 Å². The van der Waals surface area contributed by atoms with Crippen LogP contribution in [-0.4, -0.2) is 33.0 Å². The Morgan fingerprint density at radius 1 is 1.33 bits per heavy atom. The first-order valence-corrected chi connectivity index (χ1v) is 8.68. The van der Waals surface area contributed by atoms with Crippen LogP contribution in [0.4, 0.5) is 5.69 Å². The molecule has 0 saturated carbocycles. The Morgan fingerprint density at radius 3 is 2.67 bits per heavy atom. The smallest absolute Gasteiger partial charge is 0.233 e. The van der Waals surface area contributed by atoms with Crippen molar-refractivity contribution in [3.8, 4) is 0 Å². The molecule has 2 N–H and O–H groups in total. The molecule has 6 heteroatoms. The van der Waals surface area contributed by atoms with Crippen molar-refractivity contribution in [2.24, 2.45) is 0 Å². The van der Waals surface area contributed by atoms with E-state index < -0.39 is 10.0 Å². The second kappa shape index (κ2) is 7.01. The summed E-state index contributed by atoms with van der Waals surface area (Å²) in [6, 6.07) is 7.67. The third-order valence-corrected chi connectivity index (χ3v) is 4.28. The summed E-state index contributed by atoms with van der Waals surface area (Å²) in [4.78, 5) is 1.04. The van der Waals surface area contributed by atoms with Crippen LogP contribution in [0.2, 0.25) is 0 Å². The molecule has 0 aliphatic rings. The minimum Gasteiger partial charge on any atom is -0.313 e. The van der Waals surface area contributed by atoms with Gasteiger partial charge in [0.1, 0.15) is 0 Å². The molecule has 102 valence electrons. The Balaban J connectivity index is 2.59. The highest BCUT2D eigenvalue weighted by Gasteiger charge is 2.10. The number of rotatable bonds is 7. The van der Waals surface area contributed by atoms with Crippen LogP contribution in [0, 0.1) is 0 Å². The van der Waals surface area contributed by atoms with Crippen LogP contribution in [0.15, 0.2) is 29.2 Å². The lowest BCUT2D eigenvalue weighted by molar-refractivity contribution is 0.582. The first kappa shape index (κ1) is 15.3. The maximum atomic E-state index is 11.8. The number of hydrogen-bond acceptors (Lipinski definition) is 4. The highest BCUT2D eigenvalue weighted by Crippen LogP contribution is 2.19. The molecule has 0 heterocycles. The van der Waals surface area contributed by atoms with E-state index in [1.807, 2.05) is 38.3 Å².